The zero-order chi connectivity index (χ0) is 21.7. The van der Waals surface area contributed by atoms with E-state index in [2.05, 4.69) is 10.6 Å². The summed E-state index contributed by atoms with van der Waals surface area (Å²) in [5.74, 6) is 0.0629. The number of amides is 2. The van der Waals surface area contributed by atoms with Gasteiger partial charge >= 0.3 is 0 Å². The van der Waals surface area contributed by atoms with Crippen LogP contribution < -0.4 is 20.1 Å². The summed E-state index contributed by atoms with van der Waals surface area (Å²) < 4.78 is 16.0. The molecule has 0 saturated carbocycles. The van der Waals surface area contributed by atoms with Crippen LogP contribution in [0.3, 0.4) is 0 Å². The predicted octanol–water partition coefficient (Wildman–Crippen LogP) is 5.25. The molecule has 2 N–H and O–H groups in total. The minimum Gasteiger partial charge on any atom is -0.494 e. The van der Waals surface area contributed by atoms with Crippen molar-refractivity contribution in [3.05, 3.63) is 70.6 Å². The van der Waals surface area contributed by atoms with E-state index >= 15 is 0 Å². The molecule has 1 atom stereocenters. The molecule has 2 aromatic carbocycles. The zero-order valence-electron chi connectivity index (χ0n) is 16.1. The van der Waals surface area contributed by atoms with Gasteiger partial charge in [0.25, 0.3) is 11.8 Å². The maximum atomic E-state index is 12.5. The smallest absolute Gasteiger partial charge is 0.291 e. The lowest BCUT2D eigenvalue weighted by Crippen LogP contribution is -2.30. The first-order valence-corrected chi connectivity index (χ1v) is 9.58. The highest BCUT2D eigenvalue weighted by Crippen LogP contribution is 2.30. The van der Waals surface area contributed by atoms with Crippen LogP contribution in [0, 0.1) is 0 Å². The van der Waals surface area contributed by atoms with Crippen molar-refractivity contribution in [3.63, 3.8) is 0 Å². The van der Waals surface area contributed by atoms with Gasteiger partial charge in [0.2, 0.25) is 0 Å². The second-order valence-electron chi connectivity index (χ2n) is 6.17. The van der Waals surface area contributed by atoms with Crippen LogP contribution >= 0.6 is 23.2 Å². The molecule has 0 unspecified atom stereocenters. The van der Waals surface area contributed by atoms with Crippen LogP contribution in [-0.4, -0.2) is 25.0 Å². The first-order chi connectivity index (χ1) is 14.4. The summed E-state index contributed by atoms with van der Waals surface area (Å²) in [6.45, 7) is 1.59. The number of hydrogen-bond donors (Lipinski definition) is 2. The maximum Gasteiger partial charge on any atom is 0.291 e. The number of rotatable bonds is 7. The fraction of sp³-hybridized carbons (Fsp3) is 0.143. The molecule has 0 aliphatic rings. The molecule has 0 bridgehead atoms. The average Bonchev–Trinajstić information content (AvgIpc) is 3.26. The third-order valence-electron chi connectivity index (χ3n) is 4.03. The highest BCUT2D eigenvalue weighted by Gasteiger charge is 2.18. The van der Waals surface area contributed by atoms with Gasteiger partial charge < -0.3 is 24.5 Å². The van der Waals surface area contributed by atoms with Gasteiger partial charge in [-0.15, -0.1) is 0 Å². The van der Waals surface area contributed by atoms with Gasteiger partial charge in [-0.1, -0.05) is 23.2 Å². The largest absolute Gasteiger partial charge is 0.494 e. The van der Waals surface area contributed by atoms with E-state index < -0.39 is 17.9 Å². The zero-order valence-corrected chi connectivity index (χ0v) is 17.6. The predicted molar refractivity (Wildman–Crippen MR) is 115 cm³/mol. The maximum absolute atomic E-state index is 12.5. The lowest BCUT2D eigenvalue weighted by atomic mass is 10.2. The van der Waals surface area contributed by atoms with E-state index in [0.29, 0.717) is 32.9 Å². The molecule has 0 fully saturated rings. The van der Waals surface area contributed by atoms with Crippen molar-refractivity contribution in [1.82, 2.24) is 0 Å². The Morgan fingerprint density at radius 2 is 1.83 bits per heavy atom. The van der Waals surface area contributed by atoms with Crippen molar-refractivity contribution in [2.45, 2.75) is 13.0 Å². The van der Waals surface area contributed by atoms with Gasteiger partial charge in [0.05, 0.1) is 24.1 Å². The van der Waals surface area contributed by atoms with Gasteiger partial charge in [0.1, 0.15) is 11.5 Å². The molecule has 3 aromatic rings. The highest BCUT2D eigenvalue weighted by atomic mass is 35.5. The van der Waals surface area contributed by atoms with E-state index in [-0.39, 0.29) is 5.76 Å². The highest BCUT2D eigenvalue weighted by molar-refractivity contribution is 6.35. The number of carbonyl (C=O) groups is 2. The molecule has 9 heteroatoms. The van der Waals surface area contributed by atoms with Gasteiger partial charge in [-0.05, 0) is 49.4 Å². The summed E-state index contributed by atoms with van der Waals surface area (Å²) in [5, 5.41) is 6.20. The third kappa shape index (κ3) is 5.25. The number of carbonyl (C=O) groups excluding carboxylic acids is 2. The molecular formula is C21H18Cl2N2O5. The first-order valence-electron chi connectivity index (χ1n) is 8.83. The van der Waals surface area contributed by atoms with E-state index in [4.69, 9.17) is 37.1 Å². The molecule has 1 heterocycles. The van der Waals surface area contributed by atoms with Crippen molar-refractivity contribution in [1.29, 1.82) is 0 Å². The van der Waals surface area contributed by atoms with Crippen LogP contribution in [0.5, 0.6) is 11.5 Å². The van der Waals surface area contributed by atoms with Crippen LogP contribution in [0.15, 0.2) is 59.2 Å². The van der Waals surface area contributed by atoms with E-state index in [1.807, 2.05) is 0 Å². The van der Waals surface area contributed by atoms with Gasteiger partial charge in [-0.3, -0.25) is 9.59 Å². The number of benzene rings is 2. The summed E-state index contributed by atoms with van der Waals surface area (Å²) in [7, 11) is 1.46. The number of halogens is 2. The Morgan fingerprint density at radius 1 is 1.03 bits per heavy atom. The first kappa shape index (κ1) is 21.5. The third-order valence-corrected chi connectivity index (χ3v) is 4.56. The Labute approximate surface area is 182 Å². The molecular weight excluding hydrogens is 431 g/mol. The number of nitrogens with one attached hydrogen (secondary N) is 2. The van der Waals surface area contributed by atoms with Crippen molar-refractivity contribution in [2.24, 2.45) is 0 Å². The van der Waals surface area contributed by atoms with E-state index in [1.165, 1.54) is 19.4 Å². The fourth-order valence-corrected chi connectivity index (χ4v) is 2.98. The van der Waals surface area contributed by atoms with E-state index in [9.17, 15) is 9.59 Å². The van der Waals surface area contributed by atoms with Crippen molar-refractivity contribution < 1.29 is 23.5 Å². The molecule has 156 valence electrons. The van der Waals surface area contributed by atoms with Gasteiger partial charge in [-0.25, -0.2) is 0 Å². The molecule has 0 spiro atoms. The Morgan fingerprint density at radius 3 is 2.50 bits per heavy atom. The Balaban J connectivity index is 1.66. The van der Waals surface area contributed by atoms with E-state index in [1.54, 1.807) is 49.4 Å². The number of hydrogen-bond acceptors (Lipinski definition) is 5. The van der Waals surface area contributed by atoms with Crippen LogP contribution in [0.2, 0.25) is 10.0 Å². The van der Waals surface area contributed by atoms with Gasteiger partial charge in [-0.2, -0.15) is 0 Å². The quantitative estimate of drug-likeness (QED) is 0.514. The molecule has 3 rings (SSSR count). The van der Waals surface area contributed by atoms with Gasteiger partial charge in [0.15, 0.2) is 11.9 Å². The van der Waals surface area contributed by atoms with Crippen LogP contribution in [0.25, 0.3) is 0 Å². The van der Waals surface area contributed by atoms with Crippen LogP contribution in [-0.2, 0) is 4.79 Å². The number of anilines is 2. The van der Waals surface area contributed by atoms with Crippen molar-refractivity contribution in [2.75, 3.05) is 17.7 Å². The number of methoxy groups -OCH3 is 1. The van der Waals surface area contributed by atoms with Crippen LogP contribution in [0.1, 0.15) is 17.5 Å². The molecule has 30 heavy (non-hydrogen) atoms. The minimum atomic E-state index is -0.826. The molecule has 1 aromatic heterocycles. The SMILES string of the molecule is COc1cc(NC(=O)[C@@H](C)Oc2ccc(Cl)cc2Cl)ccc1NC(=O)c1ccco1. The number of furan rings is 1. The summed E-state index contributed by atoms with van der Waals surface area (Å²) >= 11 is 11.9. The molecule has 0 saturated heterocycles. The van der Waals surface area contributed by atoms with Gasteiger partial charge in [0, 0.05) is 16.8 Å². The van der Waals surface area contributed by atoms with Crippen LogP contribution in [0.4, 0.5) is 11.4 Å². The summed E-state index contributed by atoms with van der Waals surface area (Å²) in [4.78, 5) is 24.6. The van der Waals surface area contributed by atoms with E-state index in [0.717, 1.165) is 0 Å². The van der Waals surface area contributed by atoms with Crippen molar-refractivity contribution >= 4 is 46.4 Å². The second-order valence-corrected chi connectivity index (χ2v) is 7.01. The summed E-state index contributed by atoms with van der Waals surface area (Å²) in [6.07, 6.45) is 0.582. The second kappa shape index (κ2) is 9.56. The molecule has 2 amide bonds. The average molecular weight is 449 g/mol. The fourth-order valence-electron chi connectivity index (χ4n) is 2.52. The monoisotopic (exact) mass is 448 g/mol. The lowest BCUT2D eigenvalue weighted by molar-refractivity contribution is -0.122. The van der Waals surface area contributed by atoms with Crippen molar-refractivity contribution in [3.8, 4) is 11.5 Å². The summed E-state index contributed by atoms with van der Waals surface area (Å²) in [6, 6.07) is 12.7. The normalized spacial score (nSPS) is 11.5. The number of ether oxygens (including phenoxy) is 2. The minimum absolute atomic E-state index is 0.168. The molecule has 0 aliphatic carbocycles. The Hall–Kier alpha value is -3.16. The summed E-state index contributed by atoms with van der Waals surface area (Å²) in [5.41, 5.74) is 0.889. The lowest BCUT2D eigenvalue weighted by Gasteiger charge is -2.17. The standard InChI is InChI=1S/C21H18Cl2N2O5/c1-12(30-17-8-5-13(22)10-15(17)23)20(26)24-14-6-7-16(19(11-14)28-2)25-21(27)18-4-3-9-29-18/h3-12H,1-2H3,(H,24,26)(H,25,27)/t12-/m1/s1. The molecule has 7 nitrogen and oxygen atoms in total. The molecule has 0 aliphatic heterocycles. The Bertz CT molecular complexity index is 1050. The Kier molecular flexibility index (Phi) is 6.87. The molecule has 0 radical (unpaired) electrons. The topological polar surface area (TPSA) is 89.8 Å².